The molecule has 0 aromatic carbocycles. The van der Waals surface area contributed by atoms with E-state index in [9.17, 15) is 4.79 Å². The normalized spacial score (nSPS) is 14.9. The van der Waals surface area contributed by atoms with E-state index in [-0.39, 0.29) is 17.9 Å². The van der Waals surface area contributed by atoms with Gasteiger partial charge in [0, 0.05) is 36.6 Å². The molecule has 3 heterocycles. The van der Waals surface area contributed by atoms with Crippen LogP contribution in [-0.4, -0.2) is 46.1 Å². The van der Waals surface area contributed by atoms with E-state index in [0.717, 1.165) is 29.9 Å². The van der Waals surface area contributed by atoms with Gasteiger partial charge >= 0.3 is 0 Å². The standard InChI is InChI=1S/C17H23N5O3/c1-17(2,3)13-7-15(25-21-13)20-14(23)9-22-6-5-12-11(8-22)16(24-4)19-10-18-12/h7,10H,5-6,8-9H2,1-4H3,(H,20,23). The smallest absolute Gasteiger partial charge is 0.240 e. The van der Waals surface area contributed by atoms with E-state index in [4.69, 9.17) is 9.26 Å². The zero-order chi connectivity index (χ0) is 18.0. The van der Waals surface area contributed by atoms with Crippen molar-refractivity contribution in [3.63, 3.8) is 0 Å². The van der Waals surface area contributed by atoms with Gasteiger partial charge in [-0.1, -0.05) is 25.9 Å². The zero-order valence-corrected chi connectivity index (χ0v) is 15.0. The Kier molecular flexibility index (Phi) is 4.71. The molecule has 8 heteroatoms. The maximum absolute atomic E-state index is 12.3. The number of aromatic nitrogens is 3. The SMILES string of the molecule is COc1ncnc2c1CN(CC(=O)Nc1cc(C(C)(C)C)no1)CC2. The summed E-state index contributed by atoms with van der Waals surface area (Å²) in [4.78, 5) is 22.8. The lowest BCUT2D eigenvalue weighted by Crippen LogP contribution is -2.37. The Morgan fingerprint density at radius 2 is 2.20 bits per heavy atom. The summed E-state index contributed by atoms with van der Waals surface area (Å²) in [6.45, 7) is 7.70. The molecule has 0 atom stereocenters. The lowest BCUT2D eigenvalue weighted by molar-refractivity contribution is -0.117. The molecule has 134 valence electrons. The monoisotopic (exact) mass is 345 g/mol. The molecule has 1 aliphatic heterocycles. The Morgan fingerprint density at radius 1 is 1.40 bits per heavy atom. The predicted molar refractivity (Wildman–Crippen MR) is 91.4 cm³/mol. The lowest BCUT2D eigenvalue weighted by Gasteiger charge is -2.27. The minimum Gasteiger partial charge on any atom is -0.481 e. The van der Waals surface area contributed by atoms with Crippen LogP contribution in [-0.2, 0) is 23.2 Å². The molecule has 3 rings (SSSR count). The second-order valence-electron chi connectivity index (χ2n) is 7.14. The molecule has 1 amide bonds. The van der Waals surface area contributed by atoms with Gasteiger partial charge in [0.25, 0.3) is 0 Å². The molecular weight excluding hydrogens is 322 g/mol. The number of carbonyl (C=O) groups is 1. The van der Waals surface area contributed by atoms with Crippen molar-refractivity contribution >= 4 is 11.8 Å². The van der Waals surface area contributed by atoms with Gasteiger partial charge < -0.3 is 9.26 Å². The number of nitrogens with zero attached hydrogens (tertiary/aromatic N) is 4. The van der Waals surface area contributed by atoms with Crippen LogP contribution in [0.4, 0.5) is 5.88 Å². The quantitative estimate of drug-likeness (QED) is 0.902. The fraction of sp³-hybridized carbons (Fsp3) is 0.529. The van der Waals surface area contributed by atoms with Crippen molar-refractivity contribution in [3.8, 4) is 5.88 Å². The average molecular weight is 345 g/mol. The van der Waals surface area contributed by atoms with Crippen molar-refractivity contribution in [1.29, 1.82) is 0 Å². The summed E-state index contributed by atoms with van der Waals surface area (Å²) < 4.78 is 10.5. The molecule has 0 bridgehead atoms. The largest absolute Gasteiger partial charge is 0.481 e. The van der Waals surface area contributed by atoms with Crippen LogP contribution in [0, 0.1) is 0 Å². The molecule has 0 radical (unpaired) electrons. The number of fused-ring (bicyclic) bond motifs is 1. The minimum atomic E-state index is -0.143. The molecule has 0 fully saturated rings. The Bertz CT molecular complexity index is 752. The number of nitrogens with one attached hydrogen (secondary N) is 1. The number of methoxy groups -OCH3 is 1. The fourth-order valence-corrected chi connectivity index (χ4v) is 2.75. The third kappa shape index (κ3) is 3.96. The first kappa shape index (κ1) is 17.3. The first-order valence-electron chi connectivity index (χ1n) is 8.23. The first-order chi connectivity index (χ1) is 11.9. The second kappa shape index (κ2) is 6.79. The van der Waals surface area contributed by atoms with E-state index in [1.807, 2.05) is 25.7 Å². The van der Waals surface area contributed by atoms with Crippen molar-refractivity contribution in [2.24, 2.45) is 0 Å². The van der Waals surface area contributed by atoms with E-state index in [2.05, 4.69) is 20.4 Å². The number of hydrogen-bond donors (Lipinski definition) is 1. The summed E-state index contributed by atoms with van der Waals surface area (Å²) in [6.07, 6.45) is 2.27. The summed E-state index contributed by atoms with van der Waals surface area (Å²) in [7, 11) is 1.59. The van der Waals surface area contributed by atoms with Gasteiger partial charge in [0.1, 0.15) is 6.33 Å². The highest BCUT2D eigenvalue weighted by molar-refractivity contribution is 5.91. The number of hydrogen-bond acceptors (Lipinski definition) is 7. The fourth-order valence-electron chi connectivity index (χ4n) is 2.75. The van der Waals surface area contributed by atoms with Crippen LogP contribution in [0.5, 0.6) is 5.88 Å². The zero-order valence-electron chi connectivity index (χ0n) is 15.0. The van der Waals surface area contributed by atoms with Crippen LogP contribution in [0.15, 0.2) is 16.9 Å². The summed E-state index contributed by atoms with van der Waals surface area (Å²) in [6, 6.07) is 1.76. The van der Waals surface area contributed by atoms with Crippen LogP contribution in [0.3, 0.4) is 0 Å². The molecule has 1 aliphatic rings. The van der Waals surface area contributed by atoms with Gasteiger partial charge in [-0.3, -0.25) is 15.0 Å². The van der Waals surface area contributed by atoms with E-state index < -0.39 is 0 Å². The predicted octanol–water partition coefficient (Wildman–Crippen LogP) is 1.77. The van der Waals surface area contributed by atoms with Gasteiger partial charge in [-0.15, -0.1) is 0 Å². The number of amides is 1. The molecule has 2 aromatic rings. The highest BCUT2D eigenvalue weighted by atomic mass is 16.5. The number of anilines is 1. The molecule has 0 aliphatic carbocycles. The van der Waals surface area contributed by atoms with E-state index in [1.54, 1.807) is 13.2 Å². The van der Waals surface area contributed by atoms with Crippen molar-refractivity contribution in [2.45, 2.75) is 39.2 Å². The molecule has 0 saturated heterocycles. The van der Waals surface area contributed by atoms with Gasteiger partial charge in [-0.2, -0.15) is 0 Å². The lowest BCUT2D eigenvalue weighted by atomic mass is 9.92. The number of ether oxygens (including phenoxy) is 1. The highest BCUT2D eigenvalue weighted by Crippen LogP contribution is 2.25. The summed E-state index contributed by atoms with van der Waals surface area (Å²) in [5.74, 6) is 0.796. The third-order valence-corrected chi connectivity index (χ3v) is 4.14. The van der Waals surface area contributed by atoms with Crippen molar-refractivity contribution < 1.29 is 14.1 Å². The topological polar surface area (TPSA) is 93.4 Å². The van der Waals surface area contributed by atoms with Gasteiger partial charge in [-0.05, 0) is 0 Å². The van der Waals surface area contributed by atoms with Gasteiger partial charge in [0.15, 0.2) is 0 Å². The molecule has 0 unspecified atom stereocenters. The summed E-state index contributed by atoms with van der Waals surface area (Å²) >= 11 is 0. The average Bonchev–Trinajstić information content (AvgIpc) is 3.02. The maximum Gasteiger partial charge on any atom is 0.240 e. The van der Waals surface area contributed by atoms with Gasteiger partial charge in [0.2, 0.25) is 17.7 Å². The van der Waals surface area contributed by atoms with Crippen molar-refractivity contribution in [2.75, 3.05) is 25.5 Å². The Balaban J connectivity index is 1.61. The Labute approximate surface area is 146 Å². The van der Waals surface area contributed by atoms with Crippen LogP contribution >= 0.6 is 0 Å². The van der Waals surface area contributed by atoms with Gasteiger partial charge in [0.05, 0.1) is 25.0 Å². The second-order valence-corrected chi connectivity index (χ2v) is 7.14. The maximum atomic E-state index is 12.3. The number of rotatable bonds is 4. The Morgan fingerprint density at radius 3 is 2.88 bits per heavy atom. The van der Waals surface area contributed by atoms with E-state index in [0.29, 0.717) is 18.3 Å². The first-order valence-corrected chi connectivity index (χ1v) is 8.23. The summed E-state index contributed by atoms with van der Waals surface area (Å²) in [5, 5.41) is 6.77. The highest BCUT2D eigenvalue weighted by Gasteiger charge is 2.24. The number of carbonyl (C=O) groups excluding carboxylic acids is 1. The molecule has 0 spiro atoms. The van der Waals surface area contributed by atoms with Crippen molar-refractivity contribution in [3.05, 3.63) is 29.3 Å². The molecular formula is C17H23N5O3. The molecule has 8 nitrogen and oxygen atoms in total. The van der Waals surface area contributed by atoms with E-state index >= 15 is 0 Å². The van der Waals surface area contributed by atoms with Crippen molar-refractivity contribution in [1.82, 2.24) is 20.0 Å². The van der Waals surface area contributed by atoms with Gasteiger partial charge in [-0.25, -0.2) is 9.97 Å². The van der Waals surface area contributed by atoms with Crippen LogP contribution in [0.1, 0.15) is 37.7 Å². The Hall–Kier alpha value is -2.48. The van der Waals surface area contributed by atoms with E-state index in [1.165, 1.54) is 6.33 Å². The minimum absolute atomic E-state index is 0.125. The molecule has 25 heavy (non-hydrogen) atoms. The third-order valence-electron chi connectivity index (χ3n) is 4.14. The molecule has 0 saturated carbocycles. The molecule has 2 aromatic heterocycles. The summed E-state index contributed by atoms with van der Waals surface area (Å²) in [5.41, 5.74) is 2.60. The van der Waals surface area contributed by atoms with Crippen LogP contribution in [0.2, 0.25) is 0 Å². The van der Waals surface area contributed by atoms with Crippen LogP contribution in [0.25, 0.3) is 0 Å². The molecule has 1 N–H and O–H groups in total. The van der Waals surface area contributed by atoms with Crippen LogP contribution < -0.4 is 10.1 Å².